The van der Waals surface area contributed by atoms with E-state index in [1.54, 1.807) is 6.07 Å². The minimum absolute atomic E-state index is 0.0410. The number of fused-ring (bicyclic) bond motifs is 4. The highest BCUT2D eigenvalue weighted by atomic mass is 16.5. The summed E-state index contributed by atoms with van der Waals surface area (Å²) in [5, 5.41) is 42.0. The van der Waals surface area contributed by atoms with E-state index in [0.29, 0.717) is 23.3 Å². The maximum Gasteiger partial charge on any atom is 0.197 e. The second-order valence-electron chi connectivity index (χ2n) is 9.26. The third-order valence-electron chi connectivity index (χ3n) is 6.18. The molecule has 33 heavy (non-hydrogen) atoms. The lowest BCUT2D eigenvalue weighted by molar-refractivity contribution is -0.0766. The van der Waals surface area contributed by atoms with E-state index in [4.69, 9.17) is 13.9 Å². The van der Waals surface area contributed by atoms with Crippen LogP contribution in [0.1, 0.15) is 38.0 Å². The molecule has 3 unspecified atom stereocenters. The SMILES string of the molecule is C=C(C)C1Cc2c(cc(O)c3c(=O)cc(-c4cc(O)c5c(c4)C(O)C(C(C)(C)O)O5)oc23)O1. The zero-order valence-corrected chi connectivity index (χ0v) is 18.4. The van der Waals surface area contributed by atoms with Crippen LogP contribution in [0.25, 0.3) is 22.3 Å². The molecule has 0 fully saturated rings. The summed E-state index contributed by atoms with van der Waals surface area (Å²) in [6, 6.07) is 5.53. The van der Waals surface area contributed by atoms with Gasteiger partial charge < -0.3 is 34.3 Å². The normalized spacial score (nSPS) is 21.4. The standard InChI is InChI=1S/C25H24O8/c1-10(2)17-7-12-19(31-17)9-15(27)20-14(26)8-18(32-23(12)20)11-5-13-21(29)24(25(3,4)30)33-22(13)16(28)6-11/h5-6,8-9,17,21,24,27-30H,1,7H2,2-4H3. The summed E-state index contributed by atoms with van der Waals surface area (Å²) in [7, 11) is 0. The Kier molecular flexibility index (Phi) is 4.53. The fraction of sp³-hybridized carbons (Fsp3) is 0.320. The molecule has 3 heterocycles. The first kappa shape index (κ1) is 21.4. The summed E-state index contributed by atoms with van der Waals surface area (Å²) in [5.74, 6) is 0.110. The highest BCUT2D eigenvalue weighted by molar-refractivity contribution is 5.90. The number of phenolic OH excluding ortho intramolecular Hbond substituents is 2. The first-order valence-electron chi connectivity index (χ1n) is 10.5. The van der Waals surface area contributed by atoms with Gasteiger partial charge >= 0.3 is 0 Å². The summed E-state index contributed by atoms with van der Waals surface area (Å²) < 4.78 is 17.5. The van der Waals surface area contributed by atoms with Crippen LogP contribution >= 0.6 is 0 Å². The molecule has 2 aliphatic rings. The van der Waals surface area contributed by atoms with Gasteiger partial charge in [0.15, 0.2) is 23.0 Å². The summed E-state index contributed by atoms with van der Waals surface area (Å²) in [6.45, 7) is 8.75. The summed E-state index contributed by atoms with van der Waals surface area (Å²) in [6.07, 6.45) is -2.04. The van der Waals surface area contributed by atoms with Crippen LogP contribution in [0, 0.1) is 0 Å². The highest BCUT2D eigenvalue weighted by Crippen LogP contribution is 2.48. The Morgan fingerprint density at radius 2 is 1.85 bits per heavy atom. The molecule has 0 spiro atoms. The van der Waals surface area contributed by atoms with Crippen molar-refractivity contribution in [3.05, 3.63) is 57.8 Å². The summed E-state index contributed by atoms with van der Waals surface area (Å²) in [4.78, 5) is 12.9. The highest BCUT2D eigenvalue weighted by Gasteiger charge is 2.44. The summed E-state index contributed by atoms with van der Waals surface area (Å²) in [5.41, 5.74) is 0.419. The van der Waals surface area contributed by atoms with Crippen LogP contribution in [0.3, 0.4) is 0 Å². The molecule has 5 rings (SSSR count). The molecule has 0 bridgehead atoms. The molecule has 2 aliphatic heterocycles. The van der Waals surface area contributed by atoms with Crippen molar-refractivity contribution in [2.45, 2.75) is 51.1 Å². The van der Waals surface area contributed by atoms with Crippen molar-refractivity contribution >= 4 is 11.0 Å². The second-order valence-corrected chi connectivity index (χ2v) is 9.26. The van der Waals surface area contributed by atoms with Gasteiger partial charge in [-0.15, -0.1) is 0 Å². The largest absolute Gasteiger partial charge is 0.507 e. The molecule has 8 nitrogen and oxygen atoms in total. The number of aromatic hydroxyl groups is 2. The number of ether oxygens (including phenoxy) is 2. The van der Waals surface area contributed by atoms with E-state index in [-0.39, 0.29) is 45.6 Å². The second kappa shape index (κ2) is 7.00. The average molecular weight is 452 g/mol. The Morgan fingerprint density at radius 3 is 2.52 bits per heavy atom. The molecule has 172 valence electrons. The Balaban J connectivity index is 1.67. The van der Waals surface area contributed by atoms with Crippen LogP contribution in [0.15, 0.2) is 45.6 Å². The van der Waals surface area contributed by atoms with Gasteiger partial charge in [-0.25, -0.2) is 0 Å². The number of hydrogen-bond donors (Lipinski definition) is 4. The van der Waals surface area contributed by atoms with Gasteiger partial charge in [0, 0.05) is 35.2 Å². The van der Waals surface area contributed by atoms with Crippen LogP contribution in [-0.2, 0) is 6.42 Å². The molecule has 0 aliphatic carbocycles. The topological polar surface area (TPSA) is 130 Å². The van der Waals surface area contributed by atoms with Crippen molar-refractivity contribution < 1.29 is 34.3 Å². The predicted octanol–water partition coefficient (Wildman–Crippen LogP) is 3.32. The Bertz CT molecular complexity index is 1380. The van der Waals surface area contributed by atoms with E-state index in [1.807, 2.05) is 6.92 Å². The van der Waals surface area contributed by atoms with E-state index in [2.05, 4.69) is 6.58 Å². The van der Waals surface area contributed by atoms with Gasteiger partial charge in [0.2, 0.25) is 0 Å². The zero-order chi connectivity index (χ0) is 23.8. The van der Waals surface area contributed by atoms with Crippen molar-refractivity contribution in [3.8, 4) is 34.3 Å². The fourth-order valence-electron chi connectivity index (χ4n) is 4.45. The maximum atomic E-state index is 12.9. The fourth-order valence-corrected chi connectivity index (χ4v) is 4.45. The Labute approximate surface area is 188 Å². The third-order valence-corrected chi connectivity index (χ3v) is 6.18. The molecular formula is C25H24O8. The average Bonchev–Trinajstić information content (AvgIpc) is 3.29. The van der Waals surface area contributed by atoms with Gasteiger partial charge in [-0.2, -0.15) is 0 Å². The molecular weight excluding hydrogens is 428 g/mol. The van der Waals surface area contributed by atoms with Gasteiger partial charge in [0.25, 0.3) is 0 Å². The van der Waals surface area contributed by atoms with Crippen LogP contribution in [0.4, 0.5) is 0 Å². The van der Waals surface area contributed by atoms with Gasteiger partial charge in [0.05, 0.1) is 5.60 Å². The monoisotopic (exact) mass is 452 g/mol. The van der Waals surface area contributed by atoms with Crippen molar-refractivity contribution in [1.29, 1.82) is 0 Å². The molecule has 0 saturated heterocycles. The van der Waals surface area contributed by atoms with Gasteiger partial charge in [-0.05, 0) is 38.5 Å². The van der Waals surface area contributed by atoms with Crippen molar-refractivity contribution in [2.75, 3.05) is 0 Å². The molecule has 3 aromatic rings. The Morgan fingerprint density at radius 1 is 1.12 bits per heavy atom. The molecule has 0 amide bonds. The van der Waals surface area contributed by atoms with Crippen molar-refractivity contribution in [1.82, 2.24) is 0 Å². The lowest BCUT2D eigenvalue weighted by Crippen LogP contribution is -2.41. The molecule has 2 aromatic carbocycles. The van der Waals surface area contributed by atoms with E-state index >= 15 is 0 Å². The van der Waals surface area contributed by atoms with Crippen molar-refractivity contribution in [2.24, 2.45) is 0 Å². The van der Waals surface area contributed by atoms with E-state index < -0.39 is 23.2 Å². The van der Waals surface area contributed by atoms with Crippen LogP contribution in [0.2, 0.25) is 0 Å². The lowest BCUT2D eigenvalue weighted by atomic mass is 9.93. The molecule has 1 aromatic heterocycles. The van der Waals surface area contributed by atoms with Crippen molar-refractivity contribution in [3.63, 3.8) is 0 Å². The van der Waals surface area contributed by atoms with Gasteiger partial charge in [0.1, 0.15) is 40.4 Å². The van der Waals surface area contributed by atoms with Crippen LogP contribution in [0.5, 0.6) is 23.0 Å². The zero-order valence-electron chi connectivity index (χ0n) is 18.4. The number of aliphatic hydroxyl groups excluding tert-OH is 1. The first-order chi connectivity index (χ1) is 15.5. The number of aliphatic hydroxyl groups is 2. The maximum absolute atomic E-state index is 12.9. The number of phenols is 2. The van der Waals surface area contributed by atoms with Gasteiger partial charge in [-0.3, -0.25) is 4.79 Å². The molecule has 0 radical (unpaired) electrons. The van der Waals surface area contributed by atoms with E-state index in [9.17, 15) is 25.2 Å². The van der Waals surface area contributed by atoms with E-state index in [1.165, 1.54) is 32.0 Å². The molecule has 4 N–H and O–H groups in total. The predicted molar refractivity (Wildman–Crippen MR) is 120 cm³/mol. The van der Waals surface area contributed by atoms with Gasteiger partial charge in [-0.1, -0.05) is 6.58 Å². The minimum atomic E-state index is -1.36. The molecule has 3 atom stereocenters. The number of hydrogen-bond acceptors (Lipinski definition) is 8. The molecule has 8 heteroatoms. The quantitative estimate of drug-likeness (QED) is 0.446. The minimum Gasteiger partial charge on any atom is -0.507 e. The summed E-state index contributed by atoms with van der Waals surface area (Å²) >= 11 is 0. The smallest absolute Gasteiger partial charge is 0.197 e. The third kappa shape index (κ3) is 3.25. The molecule has 0 saturated carbocycles. The van der Waals surface area contributed by atoms with Crippen LogP contribution < -0.4 is 14.9 Å². The first-order valence-corrected chi connectivity index (χ1v) is 10.5. The van der Waals surface area contributed by atoms with E-state index in [0.717, 1.165) is 5.57 Å². The number of rotatable bonds is 3. The van der Waals surface area contributed by atoms with Crippen LogP contribution in [-0.4, -0.2) is 38.2 Å². The lowest BCUT2D eigenvalue weighted by Gasteiger charge is -2.27. The Hall–Kier alpha value is -3.49. The number of benzene rings is 2.